The zero-order chi connectivity index (χ0) is 29.5. The predicted molar refractivity (Wildman–Crippen MR) is 157 cm³/mol. The standard InChI is InChI=1S/C31H34N6O4/c1-19(38)34-18-22-6-4-21(5-7-22)16-26(31(40)41-3)36-30(39)24-13-14-27-25(17-24)35-28(37(27)2)15-10-20-8-11-23(12-9-20)29(32)33/h4-9,11-14,17,26H,10,15-16,18H2,1-3H3,(H3,32,33)(H,34,38)(H,36,39). The van der Waals surface area contributed by atoms with E-state index >= 15 is 0 Å². The molecule has 4 rings (SSSR count). The number of fused-ring (bicyclic) bond motifs is 1. The van der Waals surface area contributed by atoms with Gasteiger partial charge in [-0.15, -0.1) is 0 Å². The van der Waals surface area contributed by atoms with Crippen molar-refractivity contribution in [3.63, 3.8) is 0 Å². The number of esters is 1. The van der Waals surface area contributed by atoms with Crippen molar-refractivity contribution in [2.24, 2.45) is 12.8 Å². The van der Waals surface area contributed by atoms with E-state index < -0.39 is 17.9 Å². The van der Waals surface area contributed by atoms with Crippen molar-refractivity contribution in [1.29, 1.82) is 5.41 Å². The Kier molecular flexibility index (Phi) is 9.13. The van der Waals surface area contributed by atoms with Crippen LogP contribution >= 0.6 is 0 Å². The van der Waals surface area contributed by atoms with E-state index in [1.807, 2.05) is 66.2 Å². The van der Waals surface area contributed by atoms with Crippen LogP contribution in [0.25, 0.3) is 11.0 Å². The number of imidazole rings is 1. The molecule has 1 unspecified atom stereocenters. The molecular weight excluding hydrogens is 520 g/mol. The number of aromatic nitrogens is 2. The van der Waals surface area contributed by atoms with Gasteiger partial charge >= 0.3 is 5.97 Å². The number of carbonyl (C=O) groups excluding carboxylic acids is 3. The van der Waals surface area contributed by atoms with Gasteiger partial charge in [0.15, 0.2) is 0 Å². The van der Waals surface area contributed by atoms with Gasteiger partial charge in [0.1, 0.15) is 17.7 Å². The third kappa shape index (κ3) is 7.36. The quantitative estimate of drug-likeness (QED) is 0.127. The molecule has 4 aromatic rings. The molecule has 41 heavy (non-hydrogen) atoms. The van der Waals surface area contributed by atoms with Crippen molar-refractivity contribution >= 4 is 34.7 Å². The van der Waals surface area contributed by atoms with Gasteiger partial charge in [-0.3, -0.25) is 15.0 Å². The highest BCUT2D eigenvalue weighted by atomic mass is 16.5. The molecular formula is C31H34N6O4. The molecule has 212 valence electrons. The lowest BCUT2D eigenvalue weighted by Crippen LogP contribution is -2.43. The molecule has 0 fully saturated rings. The maximum atomic E-state index is 13.2. The molecule has 10 nitrogen and oxygen atoms in total. The summed E-state index contributed by atoms with van der Waals surface area (Å²) < 4.78 is 6.96. The van der Waals surface area contributed by atoms with Crippen LogP contribution in [0.4, 0.5) is 0 Å². The normalized spacial score (nSPS) is 11.6. The number of methoxy groups -OCH3 is 1. The first-order valence-corrected chi connectivity index (χ1v) is 13.2. The van der Waals surface area contributed by atoms with E-state index in [2.05, 4.69) is 10.6 Å². The topological polar surface area (TPSA) is 152 Å². The number of hydrogen-bond donors (Lipinski definition) is 4. The number of ether oxygens (including phenoxy) is 1. The van der Waals surface area contributed by atoms with Gasteiger partial charge in [0, 0.05) is 44.5 Å². The SMILES string of the molecule is COC(=O)C(Cc1ccc(CNC(C)=O)cc1)NC(=O)c1ccc2c(c1)nc(CCc1ccc(C(=N)N)cc1)n2C. The number of nitrogens with zero attached hydrogens (tertiary/aromatic N) is 2. The monoisotopic (exact) mass is 554 g/mol. The molecule has 0 aliphatic rings. The molecule has 0 aliphatic heterocycles. The fraction of sp³-hybridized carbons (Fsp3) is 0.258. The number of aryl methyl sites for hydroxylation is 3. The Balaban J connectivity index is 1.44. The fourth-order valence-electron chi connectivity index (χ4n) is 4.55. The van der Waals surface area contributed by atoms with Gasteiger partial charge < -0.3 is 25.7 Å². The third-order valence-corrected chi connectivity index (χ3v) is 6.93. The number of benzene rings is 3. The van der Waals surface area contributed by atoms with Crippen LogP contribution in [0.2, 0.25) is 0 Å². The maximum absolute atomic E-state index is 13.2. The van der Waals surface area contributed by atoms with Crippen LogP contribution in [0.15, 0.2) is 66.7 Å². The van der Waals surface area contributed by atoms with Gasteiger partial charge in [0.05, 0.1) is 18.1 Å². The Morgan fingerprint density at radius 3 is 2.22 bits per heavy atom. The molecule has 0 bridgehead atoms. The molecule has 0 spiro atoms. The summed E-state index contributed by atoms with van der Waals surface area (Å²) in [5.41, 5.74) is 11.1. The largest absolute Gasteiger partial charge is 0.467 e. The number of hydrogen-bond acceptors (Lipinski definition) is 6. The molecule has 2 amide bonds. The highest BCUT2D eigenvalue weighted by Gasteiger charge is 2.23. The fourth-order valence-corrected chi connectivity index (χ4v) is 4.55. The van der Waals surface area contributed by atoms with Crippen LogP contribution in [-0.4, -0.2) is 46.3 Å². The van der Waals surface area contributed by atoms with Gasteiger partial charge in [-0.2, -0.15) is 0 Å². The lowest BCUT2D eigenvalue weighted by atomic mass is 10.0. The first kappa shape index (κ1) is 29.0. The number of carbonyl (C=O) groups is 3. The Labute approximate surface area is 238 Å². The second-order valence-corrected chi connectivity index (χ2v) is 9.88. The second kappa shape index (κ2) is 12.9. The number of nitrogens with two attached hydrogens (primary N) is 1. The molecule has 0 aliphatic carbocycles. The molecule has 3 aromatic carbocycles. The van der Waals surface area contributed by atoms with E-state index in [4.69, 9.17) is 20.9 Å². The Hall–Kier alpha value is -4.99. The van der Waals surface area contributed by atoms with Crippen molar-refractivity contribution in [3.05, 3.63) is 100 Å². The molecule has 0 saturated carbocycles. The van der Waals surface area contributed by atoms with Crippen LogP contribution in [-0.2, 0) is 47.2 Å². The summed E-state index contributed by atoms with van der Waals surface area (Å²) in [6, 6.07) is 19.5. The number of nitrogen functional groups attached to an aromatic ring is 1. The summed E-state index contributed by atoms with van der Waals surface area (Å²) in [6.45, 7) is 1.88. The summed E-state index contributed by atoms with van der Waals surface area (Å²) in [4.78, 5) is 41.6. The summed E-state index contributed by atoms with van der Waals surface area (Å²) in [6.07, 6.45) is 1.71. The zero-order valence-corrected chi connectivity index (χ0v) is 23.4. The van der Waals surface area contributed by atoms with Crippen LogP contribution < -0.4 is 16.4 Å². The number of rotatable bonds is 11. The molecule has 10 heteroatoms. The van der Waals surface area contributed by atoms with Crippen LogP contribution in [0.1, 0.15) is 45.4 Å². The van der Waals surface area contributed by atoms with Crippen LogP contribution in [0.3, 0.4) is 0 Å². The van der Waals surface area contributed by atoms with Gasteiger partial charge in [0.25, 0.3) is 5.91 Å². The summed E-state index contributed by atoms with van der Waals surface area (Å²) >= 11 is 0. The minimum Gasteiger partial charge on any atom is -0.467 e. The first-order valence-electron chi connectivity index (χ1n) is 13.2. The predicted octanol–water partition coefficient (Wildman–Crippen LogP) is 2.79. The molecule has 1 aromatic heterocycles. The molecule has 0 saturated heterocycles. The minimum atomic E-state index is -0.877. The summed E-state index contributed by atoms with van der Waals surface area (Å²) in [7, 11) is 3.23. The smallest absolute Gasteiger partial charge is 0.328 e. The van der Waals surface area contributed by atoms with Crippen molar-refractivity contribution in [3.8, 4) is 0 Å². The third-order valence-electron chi connectivity index (χ3n) is 6.93. The van der Waals surface area contributed by atoms with Crippen molar-refractivity contribution in [2.75, 3.05) is 7.11 Å². The lowest BCUT2D eigenvalue weighted by molar-refractivity contribution is -0.142. The van der Waals surface area contributed by atoms with Crippen molar-refractivity contribution in [1.82, 2.24) is 20.2 Å². The highest BCUT2D eigenvalue weighted by molar-refractivity contribution is 5.99. The molecule has 1 atom stereocenters. The first-order chi connectivity index (χ1) is 19.6. The highest BCUT2D eigenvalue weighted by Crippen LogP contribution is 2.19. The van der Waals surface area contributed by atoms with E-state index in [1.165, 1.54) is 14.0 Å². The summed E-state index contributed by atoms with van der Waals surface area (Å²) in [5, 5.41) is 13.1. The summed E-state index contributed by atoms with van der Waals surface area (Å²) in [5.74, 6) is -0.137. The molecule has 5 N–H and O–H groups in total. The van der Waals surface area contributed by atoms with E-state index in [9.17, 15) is 14.4 Å². The average molecular weight is 555 g/mol. The van der Waals surface area contributed by atoms with Crippen LogP contribution in [0.5, 0.6) is 0 Å². The van der Waals surface area contributed by atoms with Crippen molar-refractivity contribution in [2.45, 2.75) is 38.8 Å². The van der Waals surface area contributed by atoms with Crippen molar-refractivity contribution < 1.29 is 19.1 Å². The average Bonchev–Trinajstić information content (AvgIpc) is 3.29. The molecule has 1 heterocycles. The number of nitrogens with one attached hydrogen (secondary N) is 3. The van der Waals surface area contributed by atoms with E-state index in [0.717, 1.165) is 34.5 Å². The maximum Gasteiger partial charge on any atom is 0.328 e. The Morgan fingerprint density at radius 1 is 0.951 bits per heavy atom. The van der Waals surface area contributed by atoms with E-state index in [0.29, 0.717) is 29.6 Å². The van der Waals surface area contributed by atoms with E-state index in [1.54, 1.807) is 12.1 Å². The number of amides is 2. The van der Waals surface area contributed by atoms with E-state index in [-0.39, 0.29) is 18.2 Å². The van der Waals surface area contributed by atoms with Gasteiger partial charge in [0.2, 0.25) is 5.91 Å². The lowest BCUT2D eigenvalue weighted by Gasteiger charge is -2.17. The van der Waals surface area contributed by atoms with Crippen LogP contribution in [0, 0.1) is 5.41 Å². The van der Waals surface area contributed by atoms with Gasteiger partial charge in [-0.05, 0) is 41.3 Å². The molecule has 0 radical (unpaired) electrons. The Morgan fingerprint density at radius 2 is 1.59 bits per heavy atom. The second-order valence-electron chi connectivity index (χ2n) is 9.88. The minimum absolute atomic E-state index is 0.0403. The van der Waals surface area contributed by atoms with Gasteiger partial charge in [-0.1, -0.05) is 48.5 Å². The zero-order valence-electron chi connectivity index (χ0n) is 23.4. The number of amidine groups is 1. The van der Waals surface area contributed by atoms with Gasteiger partial charge in [-0.25, -0.2) is 9.78 Å². The Bertz CT molecular complexity index is 1570.